The standard InChI is InChI=1S/C12H18N4O3S2/c1-8(13-3)7-10-14-12(19-15-10)9(2)16-21(17,18)11-5-4-6-20-11/h4-6,8-9,13,16H,7H2,1-3H3. The second kappa shape index (κ2) is 6.65. The SMILES string of the molecule is CNC(C)Cc1noc(C(C)NS(=O)(=O)c2cccs2)n1. The zero-order chi connectivity index (χ0) is 15.5. The summed E-state index contributed by atoms with van der Waals surface area (Å²) in [5, 5.41) is 8.65. The summed E-state index contributed by atoms with van der Waals surface area (Å²) < 4.78 is 32.1. The van der Waals surface area contributed by atoms with E-state index in [2.05, 4.69) is 20.2 Å². The number of rotatable bonds is 7. The predicted octanol–water partition coefficient (Wildman–Crippen LogP) is 1.32. The third kappa shape index (κ3) is 4.10. The van der Waals surface area contributed by atoms with E-state index in [1.807, 2.05) is 14.0 Å². The van der Waals surface area contributed by atoms with Gasteiger partial charge in [0.05, 0.1) is 6.04 Å². The lowest BCUT2D eigenvalue weighted by Crippen LogP contribution is -2.26. The Bertz CT molecular complexity index is 666. The van der Waals surface area contributed by atoms with Gasteiger partial charge in [0.25, 0.3) is 10.0 Å². The van der Waals surface area contributed by atoms with Crippen LogP contribution >= 0.6 is 11.3 Å². The highest BCUT2D eigenvalue weighted by molar-refractivity contribution is 7.91. The van der Waals surface area contributed by atoms with Crippen molar-refractivity contribution in [1.82, 2.24) is 20.2 Å². The van der Waals surface area contributed by atoms with Crippen LogP contribution in [-0.2, 0) is 16.4 Å². The first-order valence-electron chi connectivity index (χ1n) is 6.48. The molecular weight excluding hydrogens is 312 g/mol. The van der Waals surface area contributed by atoms with Gasteiger partial charge >= 0.3 is 0 Å². The quantitative estimate of drug-likeness (QED) is 0.795. The van der Waals surface area contributed by atoms with Crippen LogP contribution in [0.3, 0.4) is 0 Å². The fourth-order valence-electron chi connectivity index (χ4n) is 1.66. The van der Waals surface area contributed by atoms with Crippen molar-refractivity contribution in [3.63, 3.8) is 0 Å². The van der Waals surface area contributed by atoms with Crippen LogP contribution in [0.2, 0.25) is 0 Å². The molecule has 2 rings (SSSR count). The first-order valence-corrected chi connectivity index (χ1v) is 8.84. The van der Waals surface area contributed by atoms with Gasteiger partial charge in [-0.25, -0.2) is 8.42 Å². The van der Waals surface area contributed by atoms with Crippen molar-refractivity contribution in [1.29, 1.82) is 0 Å². The van der Waals surface area contributed by atoms with Crippen LogP contribution < -0.4 is 10.0 Å². The molecule has 0 amide bonds. The molecule has 0 saturated heterocycles. The van der Waals surface area contributed by atoms with Gasteiger partial charge in [-0.3, -0.25) is 0 Å². The number of nitrogens with zero attached hydrogens (tertiary/aromatic N) is 2. The van der Waals surface area contributed by atoms with E-state index in [0.717, 1.165) is 11.3 Å². The molecule has 9 heteroatoms. The molecule has 116 valence electrons. The molecule has 2 atom stereocenters. The molecule has 0 radical (unpaired) electrons. The lowest BCUT2D eigenvalue weighted by atomic mass is 10.2. The molecule has 0 saturated carbocycles. The van der Waals surface area contributed by atoms with Gasteiger partial charge in [0.2, 0.25) is 5.89 Å². The van der Waals surface area contributed by atoms with Crippen LogP contribution in [0.25, 0.3) is 0 Å². The maximum atomic E-state index is 12.1. The summed E-state index contributed by atoms with van der Waals surface area (Å²) in [5.41, 5.74) is 0. The summed E-state index contributed by atoms with van der Waals surface area (Å²) in [7, 11) is -1.70. The monoisotopic (exact) mass is 330 g/mol. The Morgan fingerprint density at radius 2 is 2.19 bits per heavy atom. The van der Waals surface area contributed by atoms with Gasteiger partial charge in [-0.15, -0.1) is 11.3 Å². The molecule has 21 heavy (non-hydrogen) atoms. The first-order chi connectivity index (χ1) is 9.92. The van der Waals surface area contributed by atoms with E-state index in [1.165, 1.54) is 0 Å². The summed E-state index contributed by atoms with van der Waals surface area (Å²) in [4.78, 5) is 4.22. The molecular formula is C12H18N4O3S2. The summed E-state index contributed by atoms with van der Waals surface area (Å²) in [6, 6.07) is 2.87. The first kappa shape index (κ1) is 16.1. The van der Waals surface area contributed by atoms with E-state index in [1.54, 1.807) is 24.4 Å². The van der Waals surface area contributed by atoms with Gasteiger partial charge in [-0.1, -0.05) is 11.2 Å². The summed E-state index contributed by atoms with van der Waals surface area (Å²) in [5.74, 6) is 0.808. The largest absolute Gasteiger partial charge is 0.338 e. The molecule has 0 fully saturated rings. The fourth-order valence-corrected chi connectivity index (χ4v) is 3.87. The Hall–Kier alpha value is -1.29. The Morgan fingerprint density at radius 3 is 2.81 bits per heavy atom. The molecule has 2 aromatic rings. The number of aromatic nitrogens is 2. The fraction of sp³-hybridized carbons (Fsp3) is 0.500. The number of nitrogens with one attached hydrogen (secondary N) is 2. The lowest BCUT2D eigenvalue weighted by Gasteiger charge is -2.08. The van der Waals surface area contributed by atoms with Crippen LogP contribution in [-0.4, -0.2) is 31.6 Å². The third-order valence-electron chi connectivity index (χ3n) is 2.93. The number of hydrogen-bond donors (Lipinski definition) is 2. The van der Waals surface area contributed by atoms with Crippen LogP contribution in [0.4, 0.5) is 0 Å². The molecule has 0 aliphatic rings. The highest BCUT2D eigenvalue weighted by Crippen LogP contribution is 2.19. The smallest absolute Gasteiger partial charge is 0.250 e. The average molecular weight is 330 g/mol. The number of likely N-dealkylation sites (N-methyl/N-ethyl adjacent to an activating group) is 1. The molecule has 0 aliphatic carbocycles. The minimum atomic E-state index is -3.55. The number of sulfonamides is 1. The Balaban J connectivity index is 2.05. The van der Waals surface area contributed by atoms with Crippen LogP contribution in [0.1, 0.15) is 31.6 Å². The van der Waals surface area contributed by atoms with Gasteiger partial charge in [-0.05, 0) is 32.3 Å². The van der Waals surface area contributed by atoms with Gasteiger partial charge < -0.3 is 9.84 Å². The minimum Gasteiger partial charge on any atom is -0.338 e. The second-order valence-electron chi connectivity index (χ2n) is 4.72. The molecule has 0 spiro atoms. The summed E-state index contributed by atoms with van der Waals surface area (Å²) >= 11 is 1.16. The highest BCUT2D eigenvalue weighted by atomic mass is 32.2. The van der Waals surface area contributed by atoms with Crippen LogP contribution in [0.15, 0.2) is 26.2 Å². The molecule has 2 unspecified atom stereocenters. The Kier molecular flexibility index (Phi) is 5.09. The van der Waals surface area contributed by atoms with Crippen molar-refractivity contribution < 1.29 is 12.9 Å². The summed E-state index contributed by atoms with van der Waals surface area (Å²) in [6.07, 6.45) is 0.615. The zero-order valence-electron chi connectivity index (χ0n) is 12.0. The molecule has 0 aliphatic heterocycles. The molecule has 2 heterocycles. The molecule has 2 aromatic heterocycles. The van der Waals surface area contributed by atoms with E-state index < -0.39 is 16.1 Å². The van der Waals surface area contributed by atoms with Crippen LogP contribution in [0.5, 0.6) is 0 Å². The average Bonchev–Trinajstić information content (AvgIpc) is 3.09. The van der Waals surface area contributed by atoms with Crippen molar-refractivity contribution >= 4 is 21.4 Å². The number of thiophene rings is 1. The normalized spacial score (nSPS) is 15.0. The predicted molar refractivity (Wildman–Crippen MR) is 79.6 cm³/mol. The Morgan fingerprint density at radius 1 is 1.43 bits per heavy atom. The zero-order valence-corrected chi connectivity index (χ0v) is 13.7. The maximum absolute atomic E-state index is 12.1. The molecule has 0 bridgehead atoms. The van der Waals surface area contributed by atoms with Crippen molar-refractivity contribution in [3.05, 3.63) is 29.2 Å². The van der Waals surface area contributed by atoms with Gasteiger partial charge in [-0.2, -0.15) is 9.71 Å². The minimum absolute atomic E-state index is 0.216. The third-order valence-corrected chi connectivity index (χ3v) is 5.87. The lowest BCUT2D eigenvalue weighted by molar-refractivity contribution is 0.348. The maximum Gasteiger partial charge on any atom is 0.250 e. The van der Waals surface area contributed by atoms with E-state index in [0.29, 0.717) is 12.2 Å². The topological polar surface area (TPSA) is 97.1 Å². The van der Waals surface area contributed by atoms with Crippen LogP contribution in [0, 0.1) is 0 Å². The van der Waals surface area contributed by atoms with E-state index in [-0.39, 0.29) is 16.1 Å². The van der Waals surface area contributed by atoms with E-state index in [4.69, 9.17) is 4.52 Å². The summed E-state index contributed by atoms with van der Waals surface area (Å²) in [6.45, 7) is 3.67. The van der Waals surface area contributed by atoms with E-state index in [9.17, 15) is 8.42 Å². The number of hydrogen-bond acceptors (Lipinski definition) is 7. The van der Waals surface area contributed by atoms with Crippen molar-refractivity contribution in [2.45, 2.75) is 36.6 Å². The highest BCUT2D eigenvalue weighted by Gasteiger charge is 2.23. The van der Waals surface area contributed by atoms with Gasteiger partial charge in [0.1, 0.15) is 4.21 Å². The molecule has 0 aromatic carbocycles. The molecule has 7 nitrogen and oxygen atoms in total. The van der Waals surface area contributed by atoms with E-state index >= 15 is 0 Å². The van der Waals surface area contributed by atoms with Gasteiger partial charge in [0.15, 0.2) is 5.82 Å². The second-order valence-corrected chi connectivity index (χ2v) is 7.61. The molecule has 2 N–H and O–H groups in total. The van der Waals surface area contributed by atoms with Gasteiger partial charge in [0, 0.05) is 12.5 Å². The van der Waals surface area contributed by atoms with Crippen molar-refractivity contribution in [2.24, 2.45) is 0 Å². The van der Waals surface area contributed by atoms with Crippen molar-refractivity contribution in [3.8, 4) is 0 Å². The Labute approximate surface area is 127 Å². The van der Waals surface area contributed by atoms with Crippen molar-refractivity contribution in [2.75, 3.05) is 7.05 Å².